The van der Waals surface area contributed by atoms with Crippen LogP contribution in [0.25, 0.3) is 10.8 Å². The monoisotopic (exact) mass is 432 g/mol. The number of piperidine rings is 1. The first kappa shape index (κ1) is 21.2. The zero-order chi connectivity index (χ0) is 21.3. The number of aliphatic hydroxyl groups is 1. The number of aliphatic hydroxyl groups excluding tert-OH is 1. The molecule has 162 valence electrons. The lowest BCUT2D eigenvalue weighted by atomic mass is 10.0. The van der Waals surface area contributed by atoms with E-state index >= 15 is 0 Å². The van der Waals surface area contributed by atoms with Crippen molar-refractivity contribution in [3.63, 3.8) is 0 Å². The summed E-state index contributed by atoms with van der Waals surface area (Å²) >= 11 is 6.40. The van der Waals surface area contributed by atoms with Gasteiger partial charge in [-0.3, -0.25) is 14.5 Å². The number of aromatic amines is 1. The van der Waals surface area contributed by atoms with Gasteiger partial charge in [-0.2, -0.15) is 0 Å². The molecule has 0 bridgehead atoms. The Labute approximate surface area is 181 Å². The fourth-order valence-corrected chi connectivity index (χ4v) is 4.94. The molecule has 1 unspecified atom stereocenters. The number of nitrogens with one attached hydrogen (secondary N) is 1. The van der Waals surface area contributed by atoms with Crippen LogP contribution < -0.4 is 10.5 Å². The van der Waals surface area contributed by atoms with Gasteiger partial charge in [0, 0.05) is 57.2 Å². The molecule has 2 aromatic rings. The number of rotatable bonds is 4. The quantitative estimate of drug-likeness (QED) is 0.771. The van der Waals surface area contributed by atoms with Crippen LogP contribution in [0.5, 0.6) is 0 Å². The summed E-state index contributed by atoms with van der Waals surface area (Å²) in [5.41, 5.74) is 0.892. The van der Waals surface area contributed by atoms with Gasteiger partial charge in [0.1, 0.15) is 0 Å². The highest BCUT2D eigenvalue weighted by Crippen LogP contribution is 2.29. The molecule has 1 aromatic carbocycles. The number of piperazine rings is 1. The largest absolute Gasteiger partial charge is 0.396 e. The molecule has 3 heterocycles. The number of H-pyrrole nitrogens is 1. The normalized spacial score (nSPS) is 20.0. The zero-order valence-electron chi connectivity index (χ0n) is 17.3. The van der Waals surface area contributed by atoms with E-state index in [0.29, 0.717) is 16.5 Å². The maximum Gasteiger partial charge on any atom is 0.257 e. The first-order chi connectivity index (χ1) is 14.5. The summed E-state index contributed by atoms with van der Waals surface area (Å²) < 4.78 is 0. The minimum absolute atomic E-state index is 0.0628. The van der Waals surface area contributed by atoms with E-state index in [1.54, 1.807) is 13.1 Å². The van der Waals surface area contributed by atoms with E-state index in [-0.39, 0.29) is 24.0 Å². The van der Waals surface area contributed by atoms with Crippen molar-refractivity contribution in [3.05, 3.63) is 39.8 Å². The van der Waals surface area contributed by atoms with Crippen molar-refractivity contribution < 1.29 is 9.90 Å². The van der Waals surface area contributed by atoms with E-state index in [0.717, 1.165) is 63.2 Å². The summed E-state index contributed by atoms with van der Waals surface area (Å²) in [4.78, 5) is 33.7. The minimum Gasteiger partial charge on any atom is -0.396 e. The van der Waals surface area contributed by atoms with Crippen molar-refractivity contribution in [2.75, 3.05) is 50.8 Å². The van der Waals surface area contributed by atoms with Crippen LogP contribution in [0.1, 0.15) is 19.8 Å². The fourth-order valence-electron chi connectivity index (χ4n) is 4.63. The summed E-state index contributed by atoms with van der Waals surface area (Å²) in [7, 11) is 0. The van der Waals surface area contributed by atoms with E-state index in [1.807, 2.05) is 23.1 Å². The van der Waals surface area contributed by atoms with Crippen molar-refractivity contribution in [1.29, 1.82) is 0 Å². The maximum atomic E-state index is 12.3. The molecule has 8 heteroatoms. The lowest BCUT2D eigenvalue weighted by molar-refractivity contribution is -0.137. The molecular formula is C22H29ClN4O3. The van der Waals surface area contributed by atoms with Crippen LogP contribution in [-0.4, -0.2) is 77.7 Å². The number of hydrogen-bond acceptors (Lipinski definition) is 5. The molecular weight excluding hydrogens is 404 g/mol. The summed E-state index contributed by atoms with van der Waals surface area (Å²) in [6.45, 7) is 6.98. The number of carbonyl (C=O) groups excluding carboxylic acids is 1. The highest BCUT2D eigenvalue weighted by molar-refractivity contribution is 6.35. The third-order valence-electron chi connectivity index (χ3n) is 6.48. The number of nitrogens with zero attached hydrogens (tertiary/aromatic N) is 3. The Kier molecular flexibility index (Phi) is 6.32. The number of aromatic nitrogens is 1. The number of fused-ring (bicyclic) bond motifs is 1. The number of halogens is 1. The lowest BCUT2D eigenvalue weighted by Gasteiger charge is -2.43. The summed E-state index contributed by atoms with van der Waals surface area (Å²) in [5, 5.41) is 11.1. The van der Waals surface area contributed by atoms with Gasteiger partial charge in [0.15, 0.2) is 0 Å². The Morgan fingerprint density at radius 1 is 1.20 bits per heavy atom. The molecule has 1 amide bonds. The van der Waals surface area contributed by atoms with Crippen LogP contribution in [0.2, 0.25) is 5.02 Å². The zero-order valence-corrected chi connectivity index (χ0v) is 18.1. The molecule has 2 N–H and O–H groups in total. The molecule has 0 spiro atoms. The molecule has 1 atom stereocenters. The van der Waals surface area contributed by atoms with Gasteiger partial charge in [0.25, 0.3) is 5.56 Å². The molecule has 2 saturated heterocycles. The molecule has 4 rings (SSSR count). The summed E-state index contributed by atoms with van der Waals surface area (Å²) in [5.74, 6) is -0.248. The number of pyridine rings is 1. The molecule has 30 heavy (non-hydrogen) atoms. The molecule has 0 radical (unpaired) electrons. The third-order valence-corrected chi connectivity index (χ3v) is 6.78. The van der Waals surface area contributed by atoms with Crippen molar-refractivity contribution in [2.24, 2.45) is 5.92 Å². The number of anilines is 1. The summed E-state index contributed by atoms with van der Waals surface area (Å²) in [6.07, 6.45) is 3.62. The molecule has 0 aliphatic carbocycles. The van der Waals surface area contributed by atoms with Crippen LogP contribution in [0.4, 0.5) is 5.69 Å². The van der Waals surface area contributed by atoms with Crippen LogP contribution >= 0.6 is 11.6 Å². The SMILES string of the molecule is CC(CO)C(=O)N1CCC(N2CCN(c3cc(Cl)c4c(=O)[nH]ccc4c3)CC2)CC1. The second-order valence-electron chi connectivity index (χ2n) is 8.36. The first-order valence-electron chi connectivity index (χ1n) is 10.7. The van der Waals surface area contributed by atoms with Crippen molar-refractivity contribution in [2.45, 2.75) is 25.8 Å². The van der Waals surface area contributed by atoms with Gasteiger partial charge in [-0.05, 0) is 36.4 Å². The van der Waals surface area contributed by atoms with Gasteiger partial charge in [0.05, 0.1) is 22.9 Å². The van der Waals surface area contributed by atoms with Crippen LogP contribution in [0.15, 0.2) is 29.2 Å². The predicted molar refractivity (Wildman–Crippen MR) is 119 cm³/mol. The number of likely N-dealkylation sites (tertiary alicyclic amines) is 1. The standard InChI is InChI=1S/C22H29ClN4O3/c1-15(14-28)22(30)27-6-3-17(4-7-27)25-8-10-26(11-9-25)18-12-16-2-5-24-21(29)20(16)19(23)13-18/h2,5,12-13,15,17,28H,3-4,6-11,14H2,1H3,(H,24,29). The van der Waals surface area contributed by atoms with Gasteiger partial charge in [-0.1, -0.05) is 18.5 Å². The fraction of sp³-hybridized carbons (Fsp3) is 0.545. The summed E-state index contributed by atoms with van der Waals surface area (Å²) in [6, 6.07) is 6.31. The van der Waals surface area contributed by atoms with E-state index in [9.17, 15) is 14.7 Å². The number of hydrogen-bond donors (Lipinski definition) is 2. The molecule has 2 fully saturated rings. The van der Waals surface area contributed by atoms with Crippen LogP contribution in [0.3, 0.4) is 0 Å². The molecule has 1 aromatic heterocycles. The van der Waals surface area contributed by atoms with E-state index in [1.165, 1.54) is 0 Å². The number of amides is 1. The number of carbonyl (C=O) groups is 1. The van der Waals surface area contributed by atoms with E-state index in [2.05, 4.69) is 14.8 Å². The van der Waals surface area contributed by atoms with Gasteiger partial charge >= 0.3 is 0 Å². The van der Waals surface area contributed by atoms with Crippen molar-refractivity contribution in [3.8, 4) is 0 Å². The third kappa shape index (κ3) is 4.19. The Morgan fingerprint density at radius 3 is 2.57 bits per heavy atom. The molecule has 7 nitrogen and oxygen atoms in total. The van der Waals surface area contributed by atoms with Crippen LogP contribution in [0, 0.1) is 5.92 Å². The molecule has 2 aliphatic heterocycles. The van der Waals surface area contributed by atoms with E-state index < -0.39 is 0 Å². The average Bonchev–Trinajstić information content (AvgIpc) is 2.78. The maximum absolute atomic E-state index is 12.3. The van der Waals surface area contributed by atoms with Gasteiger partial charge < -0.3 is 19.9 Å². The predicted octanol–water partition coefficient (Wildman–Crippen LogP) is 1.92. The van der Waals surface area contributed by atoms with E-state index in [4.69, 9.17) is 11.6 Å². The average molecular weight is 433 g/mol. The van der Waals surface area contributed by atoms with Gasteiger partial charge in [-0.15, -0.1) is 0 Å². The second-order valence-corrected chi connectivity index (χ2v) is 8.77. The smallest absolute Gasteiger partial charge is 0.257 e. The lowest BCUT2D eigenvalue weighted by Crippen LogP contribution is -2.54. The van der Waals surface area contributed by atoms with Gasteiger partial charge in [0.2, 0.25) is 5.91 Å². The highest BCUT2D eigenvalue weighted by Gasteiger charge is 2.30. The number of benzene rings is 1. The first-order valence-corrected chi connectivity index (χ1v) is 11.1. The van der Waals surface area contributed by atoms with Crippen LogP contribution in [-0.2, 0) is 4.79 Å². The molecule has 0 saturated carbocycles. The van der Waals surface area contributed by atoms with Gasteiger partial charge in [-0.25, -0.2) is 0 Å². The highest BCUT2D eigenvalue weighted by atomic mass is 35.5. The van der Waals surface area contributed by atoms with Crippen molar-refractivity contribution >= 4 is 34.0 Å². The Morgan fingerprint density at radius 2 is 1.90 bits per heavy atom. The Bertz CT molecular complexity index is 962. The Hall–Kier alpha value is -2.09. The second kappa shape index (κ2) is 8.96. The topological polar surface area (TPSA) is 79.9 Å². The minimum atomic E-state index is -0.311. The van der Waals surface area contributed by atoms with Crippen molar-refractivity contribution in [1.82, 2.24) is 14.8 Å². The molecule has 2 aliphatic rings. The Balaban J connectivity index is 1.35.